The number of nitrogens with two attached hydrogens (primary N) is 1. The van der Waals surface area contributed by atoms with Crippen LogP contribution in [-0.4, -0.2) is 20.2 Å². The van der Waals surface area contributed by atoms with Crippen LogP contribution in [0.25, 0.3) is 11.4 Å². The number of halogens is 1. The number of anilines is 1. The van der Waals surface area contributed by atoms with Gasteiger partial charge in [0, 0.05) is 15.7 Å². The molecule has 0 radical (unpaired) electrons. The summed E-state index contributed by atoms with van der Waals surface area (Å²) in [6.07, 6.45) is 2.22. The summed E-state index contributed by atoms with van der Waals surface area (Å²) in [6.45, 7) is 6.60. The Kier molecular flexibility index (Phi) is 4.75. The van der Waals surface area contributed by atoms with Crippen LogP contribution in [0, 0.1) is 5.92 Å². The fourth-order valence-electron chi connectivity index (χ4n) is 2.21. The molecule has 0 fully saturated rings. The van der Waals surface area contributed by atoms with E-state index in [0.29, 0.717) is 11.6 Å². The number of hydrogen-bond acceptors (Lipinski definition) is 4. The van der Waals surface area contributed by atoms with Crippen LogP contribution in [0.2, 0.25) is 0 Å². The summed E-state index contributed by atoms with van der Waals surface area (Å²) in [5.74, 6) is 1.41. The van der Waals surface area contributed by atoms with Crippen LogP contribution in [0.4, 0.5) is 5.69 Å². The van der Waals surface area contributed by atoms with E-state index in [-0.39, 0.29) is 6.04 Å². The van der Waals surface area contributed by atoms with E-state index in [4.69, 9.17) is 5.73 Å². The lowest BCUT2D eigenvalue weighted by molar-refractivity contribution is 0.371. The highest BCUT2D eigenvalue weighted by Gasteiger charge is 2.17. The summed E-state index contributed by atoms with van der Waals surface area (Å²) in [6, 6.07) is 6.05. The third kappa shape index (κ3) is 3.17. The van der Waals surface area contributed by atoms with Crippen molar-refractivity contribution in [2.24, 2.45) is 5.92 Å². The van der Waals surface area contributed by atoms with Crippen molar-refractivity contribution < 1.29 is 0 Å². The van der Waals surface area contributed by atoms with E-state index in [1.54, 1.807) is 0 Å². The first-order chi connectivity index (χ1) is 9.52. The molecule has 0 aliphatic heterocycles. The molecular formula is C14H20BrN5. The van der Waals surface area contributed by atoms with Crippen LogP contribution in [0.3, 0.4) is 0 Å². The van der Waals surface area contributed by atoms with Gasteiger partial charge in [-0.1, -0.05) is 20.3 Å². The molecule has 108 valence electrons. The first kappa shape index (κ1) is 15.0. The average molecular weight is 338 g/mol. The van der Waals surface area contributed by atoms with Crippen LogP contribution in [0.15, 0.2) is 22.7 Å². The first-order valence-electron chi connectivity index (χ1n) is 6.86. The fourth-order valence-corrected chi connectivity index (χ4v) is 2.46. The normalized spacial score (nSPS) is 14.2. The molecule has 2 aromatic rings. The van der Waals surface area contributed by atoms with Crippen molar-refractivity contribution >= 4 is 21.6 Å². The van der Waals surface area contributed by atoms with Crippen molar-refractivity contribution in [3.63, 3.8) is 0 Å². The molecule has 0 saturated heterocycles. The van der Waals surface area contributed by atoms with Gasteiger partial charge in [0.25, 0.3) is 0 Å². The van der Waals surface area contributed by atoms with Crippen molar-refractivity contribution in [2.45, 2.75) is 39.7 Å². The fraction of sp³-hybridized carbons (Fsp3) is 0.500. The molecule has 1 heterocycles. The van der Waals surface area contributed by atoms with Gasteiger partial charge in [0.2, 0.25) is 0 Å². The van der Waals surface area contributed by atoms with Crippen LogP contribution in [0.1, 0.15) is 39.7 Å². The molecule has 0 saturated carbocycles. The number of nitrogens with zero attached hydrogens (tertiary/aromatic N) is 4. The third-order valence-electron chi connectivity index (χ3n) is 3.60. The van der Waals surface area contributed by atoms with Gasteiger partial charge in [-0.3, -0.25) is 0 Å². The van der Waals surface area contributed by atoms with E-state index in [2.05, 4.69) is 52.2 Å². The Morgan fingerprint density at radius 1 is 1.35 bits per heavy atom. The van der Waals surface area contributed by atoms with Gasteiger partial charge < -0.3 is 5.73 Å². The van der Waals surface area contributed by atoms with Crippen molar-refractivity contribution in [1.29, 1.82) is 0 Å². The molecule has 0 bridgehead atoms. The van der Waals surface area contributed by atoms with E-state index in [1.807, 2.05) is 22.9 Å². The van der Waals surface area contributed by atoms with Crippen molar-refractivity contribution in [3.8, 4) is 11.4 Å². The lowest BCUT2D eigenvalue weighted by atomic mass is 10.0. The SMILES string of the molecule is CCC(C)CC(C)n1nnnc1-c1ccc(Br)c(N)c1. The average Bonchev–Trinajstić information content (AvgIpc) is 2.91. The first-order valence-corrected chi connectivity index (χ1v) is 7.65. The van der Waals surface area contributed by atoms with Gasteiger partial charge in [-0.05, 0) is 63.8 Å². The monoisotopic (exact) mass is 337 g/mol. The Bertz CT molecular complexity index is 581. The van der Waals surface area contributed by atoms with Gasteiger partial charge >= 0.3 is 0 Å². The zero-order valence-electron chi connectivity index (χ0n) is 12.0. The van der Waals surface area contributed by atoms with Crippen molar-refractivity contribution in [1.82, 2.24) is 20.2 Å². The Morgan fingerprint density at radius 2 is 2.10 bits per heavy atom. The van der Waals surface area contributed by atoms with Crippen molar-refractivity contribution in [3.05, 3.63) is 22.7 Å². The summed E-state index contributed by atoms with van der Waals surface area (Å²) in [7, 11) is 0. The highest BCUT2D eigenvalue weighted by atomic mass is 79.9. The van der Waals surface area contributed by atoms with Crippen LogP contribution in [0.5, 0.6) is 0 Å². The number of nitrogen functional groups attached to an aromatic ring is 1. The summed E-state index contributed by atoms with van der Waals surface area (Å²) in [5, 5.41) is 12.1. The second kappa shape index (κ2) is 6.35. The molecule has 2 rings (SSSR count). The summed E-state index contributed by atoms with van der Waals surface area (Å²) < 4.78 is 2.77. The van der Waals surface area contributed by atoms with E-state index in [0.717, 1.165) is 28.7 Å². The largest absolute Gasteiger partial charge is 0.398 e. The molecule has 2 N–H and O–H groups in total. The molecule has 2 unspecified atom stereocenters. The molecule has 0 aliphatic carbocycles. The van der Waals surface area contributed by atoms with Crippen LogP contribution >= 0.6 is 15.9 Å². The van der Waals surface area contributed by atoms with E-state index in [1.165, 1.54) is 0 Å². The molecule has 1 aromatic heterocycles. The molecule has 5 nitrogen and oxygen atoms in total. The molecule has 2 atom stereocenters. The van der Waals surface area contributed by atoms with Gasteiger partial charge in [-0.25, -0.2) is 4.68 Å². The van der Waals surface area contributed by atoms with E-state index < -0.39 is 0 Å². The number of hydrogen-bond donors (Lipinski definition) is 1. The van der Waals surface area contributed by atoms with Gasteiger partial charge in [-0.2, -0.15) is 0 Å². The highest BCUT2D eigenvalue weighted by Crippen LogP contribution is 2.28. The second-order valence-corrected chi connectivity index (χ2v) is 6.14. The summed E-state index contributed by atoms with van der Waals surface area (Å²) in [5.41, 5.74) is 7.55. The maximum absolute atomic E-state index is 5.93. The zero-order valence-corrected chi connectivity index (χ0v) is 13.6. The Labute approximate surface area is 127 Å². The summed E-state index contributed by atoms with van der Waals surface area (Å²) in [4.78, 5) is 0. The molecule has 0 aliphatic rings. The molecule has 0 amide bonds. The smallest absolute Gasteiger partial charge is 0.182 e. The topological polar surface area (TPSA) is 69.6 Å². The van der Waals surface area contributed by atoms with Gasteiger partial charge in [0.15, 0.2) is 5.82 Å². The van der Waals surface area contributed by atoms with E-state index >= 15 is 0 Å². The minimum absolute atomic E-state index is 0.264. The molecule has 0 spiro atoms. The van der Waals surface area contributed by atoms with Gasteiger partial charge in [0.05, 0.1) is 6.04 Å². The lowest BCUT2D eigenvalue weighted by Gasteiger charge is -2.17. The Morgan fingerprint density at radius 3 is 2.75 bits per heavy atom. The molecule has 1 aromatic carbocycles. The standard InChI is InChI=1S/C14H20BrN5/c1-4-9(2)7-10(3)20-14(17-18-19-20)11-5-6-12(15)13(16)8-11/h5-6,8-10H,4,7,16H2,1-3H3. The highest BCUT2D eigenvalue weighted by molar-refractivity contribution is 9.10. The lowest BCUT2D eigenvalue weighted by Crippen LogP contribution is -2.12. The van der Waals surface area contributed by atoms with Gasteiger partial charge in [-0.15, -0.1) is 5.10 Å². The quantitative estimate of drug-likeness (QED) is 0.845. The Hall–Kier alpha value is -1.43. The van der Waals surface area contributed by atoms with E-state index in [9.17, 15) is 0 Å². The number of benzene rings is 1. The Balaban J connectivity index is 2.30. The van der Waals surface area contributed by atoms with Crippen LogP contribution in [-0.2, 0) is 0 Å². The number of tetrazole rings is 1. The second-order valence-electron chi connectivity index (χ2n) is 5.28. The maximum atomic E-state index is 5.93. The minimum Gasteiger partial charge on any atom is -0.398 e. The number of rotatable bonds is 5. The molecule has 20 heavy (non-hydrogen) atoms. The predicted molar refractivity (Wildman–Crippen MR) is 84.1 cm³/mol. The zero-order chi connectivity index (χ0) is 14.7. The van der Waals surface area contributed by atoms with Gasteiger partial charge in [0.1, 0.15) is 0 Å². The minimum atomic E-state index is 0.264. The third-order valence-corrected chi connectivity index (χ3v) is 4.33. The molecule has 6 heteroatoms. The maximum Gasteiger partial charge on any atom is 0.182 e. The van der Waals surface area contributed by atoms with Crippen LogP contribution < -0.4 is 5.73 Å². The van der Waals surface area contributed by atoms with Crippen molar-refractivity contribution in [2.75, 3.05) is 5.73 Å². The molecular weight excluding hydrogens is 318 g/mol. The number of aromatic nitrogens is 4. The predicted octanol–water partition coefficient (Wildman–Crippen LogP) is 3.68. The summed E-state index contributed by atoms with van der Waals surface area (Å²) >= 11 is 3.40.